The topological polar surface area (TPSA) is 57.6 Å². The van der Waals surface area contributed by atoms with Crippen molar-refractivity contribution in [3.63, 3.8) is 0 Å². The summed E-state index contributed by atoms with van der Waals surface area (Å²) in [5.41, 5.74) is 3.67. The number of carbonyl (C=O) groups is 2. The van der Waals surface area contributed by atoms with Crippen LogP contribution >= 0.6 is 15.9 Å². The van der Waals surface area contributed by atoms with Gasteiger partial charge in [-0.2, -0.15) is 0 Å². The average molecular weight is 478 g/mol. The molecule has 158 valence electrons. The third-order valence-electron chi connectivity index (χ3n) is 5.82. The van der Waals surface area contributed by atoms with Crippen LogP contribution in [-0.4, -0.2) is 16.8 Å². The molecule has 4 rings (SSSR count). The number of hydrogen-bond acceptors (Lipinski definition) is 3. The van der Waals surface area contributed by atoms with E-state index in [4.69, 9.17) is 0 Å². The van der Waals surface area contributed by atoms with E-state index in [1.165, 1.54) is 0 Å². The third-order valence-corrected chi connectivity index (χ3v) is 6.31. The minimum Gasteiger partial charge on any atom is -0.375 e. The maximum atomic E-state index is 13.5. The molecule has 1 atom stereocenters. The second-order valence-electron chi connectivity index (χ2n) is 8.32. The molecule has 31 heavy (non-hydrogen) atoms. The lowest BCUT2D eigenvalue weighted by molar-refractivity contribution is -0.136. The Bertz CT molecular complexity index is 1200. The number of benzene rings is 3. The van der Waals surface area contributed by atoms with Gasteiger partial charge in [0.15, 0.2) is 11.4 Å². The van der Waals surface area contributed by atoms with Crippen molar-refractivity contribution in [2.75, 3.05) is 4.90 Å². The Morgan fingerprint density at radius 2 is 1.74 bits per heavy atom. The normalized spacial score (nSPS) is 17.7. The highest BCUT2D eigenvalue weighted by atomic mass is 79.9. The number of carbonyl (C=O) groups excluding carboxylic acids is 2. The van der Waals surface area contributed by atoms with E-state index in [1.807, 2.05) is 69.3 Å². The predicted octanol–water partition coefficient (Wildman–Crippen LogP) is 5.38. The molecule has 0 radical (unpaired) electrons. The summed E-state index contributed by atoms with van der Waals surface area (Å²) in [5, 5.41) is 11.6. The highest BCUT2D eigenvalue weighted by molar-refractivity contribution is 9.10. The number of aryl methyl sites for hydroxylation is 3. The standard InChI is InChI=1S/C26H24BrNO3/c1-16-5-4-6-19(12-16)15-28-23-10-8-20(27)13-22(23)26(31,25(28)30)14-24(29)21-9-7-17(2)11-18(21)3/h4-13,31H,14-15H2,1-3H3. The van der Waals surface area contributed by atoms with Gasteiger partial charge in [0.25, 0.3) is 5.91 Å². The van der Waals surface area contributed by atoms with Gasteiger partial charge < -0.3 is 10.0 Å². The molecule has 0 spiro atoms. The van der Waals surface area contributed by atoms with Crippen molar-refractivity contribution < 1.29 is 14.7 Å². The molecule has 1 unspecified atom stereocenters. The number of aliphatic hydroxyl groups is 1. The van der Waals surface area contributed by atoms with E-state index in [-0.39, 0.29) is 12.2 Å². The molecule has 1 amide bonds. The Morgan fingerprint density at radius 3 is 2.45 bits per heavy atom. The summed E-state index contributed by atoms with van der Waals surface area (Å²) in [5.74, 6) is -0.725. The maximum Gasteiger partial charge on any atom is 0.264 e. The van der Waals surface area contributed by atoms with E-state index >= 15 is 0 Å². The van der Waals surface area contributed by atoms with Gasteiger partial charge in [0.05, 0.1) is 18.7 Å². The van der Waals surface area contributed by atoms with Crippen LogP contribution in [0, 0.1) is 20.8 Å². The largest absolute Gasteiger partial charge is 0.375 e. The number of nitrogens with zero attached hydrogens (tertiary/aromatic N) is 1. The van der Waals surface area contributed by atoms with Crippen molar-refractivity contribution in [3.05, 3.63) is 98.5 Å². The molecular formula is C26H24BrNO3. The summed E-state index contributed by atoms with van der Waals surface area (Å²) in [6.07, 6.45) is -0.302. The Balaban J connectivity index is 1.72. The monoisotopic (exact) mass is 477 g/mol. The quantitative estimate of drug-likeness (QED) is 0.501. The molecule has 3 aromatic carbocycles. The van der Waals surface area contributed by atoms with Crippen molar-refractivity contribution >= 4 is 33.3 Å². The minimum absolute atomic E-state index is 0.253. The van der Waals surface area contributed by atoms with E-state index in [0.29, 0.717) is 23.4 Å². The summed E-state index contributed by atoms with van der Waals surface area (Å²) < 4.78 is 0.744. The van der Waals surface area contributed by atoms with E-state index in [1.54, 1.807) is 17.0 Å². The summed E-state index contributed by atoms with van der Waals surface area (Å²) in [6, 6.07) is 18.9. The number of rotatable bonds is 5. The van der Waals surface area contributed by atoms with Crippen LogP contribution in [0.25, 0.3) is 0 Å². The lowest BCUT2D eigenvalue weighted by Crippen LogP contribution is -2.41. The first-order valence-electron chi connectivity index (χ1n) is 10.2. The summed E-state index contributed by atoms with van der Waals surface area (Å²) in [7, 11) is 0. The fraction of sp³-hybridized carbons (Fsp3) is 0.231. The molecular weight excluding hydrogens is 454 g/mol. The van der Waals surface area contributed by atoms with Crippen LogP contribution < -0.4 is 4.90 Å². The van der Waals surface area contributed by atoms with Crippen molar-refractivity contribution in [1.82, 2.24) is 0 Å². The van der Waals surface area contributed by atoms with Gasteiger partial charge in [-0.05, 0) is 50.1 Å². The number of ketones is 1. The molecule has 1 aliphatic rings. The number of halogens is 1. The highest BCUT2D eigenvalue weighted by Gasteiger charge is 2.51. The van der Waals surface area contributed by atoms with Gasteiger partial charge in [-0.3, -0.25) is 9.59 Å². The van der Waals surface area contributed by atoms with Crippen molar-refractivity contribution in [1.29, 1.82) is 0 Å². The van der Waals surface area contributed by atoms with Gasteiger partial charge in [0.2, 0.25) is 0 Å². The van der Waals surface area contributed by atoms with Crippen LogP contribution in [0.4, 0.5) is 5.69 Å². The number of anilines is 1. The zero-order valence-electron chi connectivity index (χ0n) is 17.8. The first kappa shape index (κ1) is 21.5. The molecule has 1 N–H and O–H groups in total. The fourth-order valence-corrected chi connectivity index (χ4v) is 4.66. The molecule has 5 heteroatoms. The Labute approximate surface area is 190 Å². The molecule has 1 heterocycles. The van der Waals surface area contributed by atoms with Crippen molar-refractivity contribution in [2.45, 2.75) is 39.3 Å². The molecule has 4 nitrogen and oxygen atoms in total. The van der Waals surface area contributed by atoms with Crippen molar-refractivity contribution in [2.24, 2.45) is 0 Å². The summed E-state index contributed by atoms with van der Waals surface area (Å²) in [6.45, 7) is 6.16. The van der Waals surface area contributed by atoms with Crippen LogP contribution in [0.3, 0.4) is 0 Å². The van der Waals surface area contributed by atoms with Gasteiger partial charge in [-0.25, -0.2) is 0 Å². The van der Waals surface area contributed by atoms with E-state index in [9.17, 15) is 14.7 Å². The average Bonchev–Trinajstić information content (AvgIpc) is 2.89. The molecule has 0 fully saturated rings. The van der Waals surface area contributed by atoms with E-state index in [2.05, 4.69) is 15.9 Å². The smallest absolute Gasteiger partial charge is 0.264 e. The molecule has 0 bridgehead atoms. The molecule has 1 aliphatic heterocycles. The molecule has 0 saturated carbocycles. The van der Waals surface area contributed by atoms with Gasteiger partial charge in [0, 0.05) is 15.6 Å². The first-order chi connectivity index (χ1) is 14.7. The van der Waals surface area contributed by atoms with E-state index < -0.39 is 11.5 Å². The minimum atomic E-state index is -1.91. The lowest BCUT2D eigenvalue weighted by atomic mass is 9.87. The van der Waals surface area contributed by atoms with Gasteiger partial charge in [0.1, 0.15) is 0 Å². The lowest BCUT2D eigenvalue weighted by Gasteiger charge is -2.23. The second-order valence-corrected chi connectivity index (χ2v) is 9.24. The Morgan fingerprint density at radius 1 is 1.00 bits per heavy atom. The van der Waals surface area contributed by atoms with Gasteiger partial charge in [-0.15, -0.1) is 0 Å². The highest BCUT2D eigenvalue weighted by Crippen LogP contribution is 2.45. The van der Waals surface area contributed by atoms with E-state index in [0.717, 1.165) is 26.7 Å². The predicted molar refractivity (Wildman–Crippen MR) is 125 cm³/mol. The van der Waals surface area contributed by atoms with Crippen LogP contribution in [0.15, 0.2) is 65.1 Å². The number of hydrogen-bond donors (Lipinski definition) is 1. The Hall–Kier alpha value is -2.76. The maximum absolute atomic E-state index is 13.5. The SMILES string of the molecule is Cc1cccc(CN2C(=O)C(O)(CC(=O)c3ccc(C)cc3C)c3cc(Br)ccc32)c1. The number of amides is 1. The zero-order chi connectivity index (χ0) is 22.3. The zero-order valence-corrected chi connectivity index (χ0v) is 19.4. The van der Waals surface area contributed by atoms with Crippen LogP contribution in [-0.2, 0) is 16.9 Å². The molecule has 0 aliphatic carbocycles. The molecule has 0 aromatic heterocycles. The fourth-order valence-electron chi connectivity index (χ4n) is 4.30. The third kappa shape index (κ3) is 3.95. The van der Waals surface area contributed by atoms with Crippen LogP contribution in [0.5, 0.6) is 0 Å². The number of Topliss-reactive ketones (excluding diaryl/α,β-unsaturated/α-hetero) is 1. The van der Waals surface area contributed by atoms with Crippen molar-refractivity contribution in [3.8, 4) is 0 Å². The van der Waals surface area contributed by atoms with Gasteiger partial charge in [-0.1, -0.05) is 69.5 Å². The van der Waals surface area contributed by atoms with Crippen LogP contribution in [0.2, 0.25) is 0 Å². The summed E-state index contributed by atoms with van der Waals surface area (Å²) in [4.78, 5) is 28.2. The Kier molecular flexibility index (Phi) is 5.58. The van der Waals surface area contributed by atoms with Gasteiger partial charge >= 0.3 is 0 Å². The second kappa shape index (κ2) is 8.06. The number of fused-ring (bicyclic) bond motifs is 1. The summed E-state index contributed by atoms with van der Waals surface area (Å²) >= 11 is 3.44. The first-order valence-corrected chi connectivity index (χ1v) is 11.0. The molecule has 3 aromatic rings. The van der Waals surface area contributed by atoms with Crippen LogP contribution in [0.1, 0.15) is 44.6 Å². The molecule has 0 saturated heterocycles.